The number of nitrogens with one attached hydrogen (secondary N) is 1. The van der Waals surface area contributed by atoms with Crippen molar-refractivity contribution in [2.24, 2.45) is 0 Å². The zero-order valence-corrected chi connectivity index (χ0v) is 18.8. The van der Waals surface area contributed by atoms with Crippen LogP contribution in [-0.2, 0) is 14.8 Å². The van der Waals surface area contributed by atoms with E-state index >= 15 is 0 Å². The van der Waals surface area contributed by atoms with Crippen LogP contribution >= 0.6 is 0 Å². The Morgan fingerprint density at radius 3 is 2.50 bits per heavy atom. The van der Waals surface area contributed by atoms with E-state index in [2.05, 4.69) is 20.3 Å². The van der Waals surface area contributed by atoms with E-state index < -0.39 is 16.6 Å². The van der Waals surface area contributed by atoms with Crippen LogP contribution in [0.3, 0.4) is 0 Å². The van der Waals surface area contributed by atoms with Crippen molar-refractivity contribution in [1.29, 1.82) is 0 Å². The van der Waals surface area contributed by atoms with Crippen LogP contribution in [0.1, 0.15) is 39.5 Å². The maximum atomic E-state index is 12.7. The van der Waals surface area contributed by atoms with Crippen molar-refractivity contribution in [2.45, 2.75) is 63.5 Å². The highest BCUT2D eigenvalue weighted by Crippen LogP contribution is 2.42. The Labute approximate surface area is 187 Å². The lowest BCUT2D eigenvalue weighted by atomic mass is 9.97. The van der Waals surface area contributed by atoms with Crippen molar-refractivity contribution in [1.82, 2.24) is 9.62 Å². The van der Waals surface area contributed by atoms with E-state index in [1.807, 2.05) is 26.0 Å². The Kier molecular flexibility index (Phi) is 6.04. The molecule has 1 aliphatic heterocycles. The van der Waals surface area contributed by atoms with Crippen molar-refractivity contribution in [3.05, 3.63) is 70.3 Å². The molecule has 8 heteroatoms. The second-order valence-electron chi connectivity index (χ2n) is 8.47. The number of nitrogens with zero attached hydrogens (tertiary/aromatic N) is 1. The molecule has 0 aromatic carbocycles. The van der Waals surface area contributed by atoms with E-state index in [9.17, 15) is 17.2 Å². The molecular weight excluding hydrogens is 434 g/mol. The van der Waals surface area contributed by atoms with Gasteiger partial charge in [-0.25, -0.2) is 8.42 Å². The van der Waals surface area contributed by atoms with E-state index in [0.29, 0.717) is 30.5 Å². The number of rotatable bonds is 6. The molecule has 1 N–H and O–H groups in total. The second-order valence-corrected chi connectivity index (χ2v) is 10.4. The number of ether oxygens (including phenoxy) is 1. The molecule has 0 aromatic rings. The molecule has 0 saturated heterocycles. The number of allylic oxidation sites excluding steroid dienone is 6. The third kappa shape index (κ3) is 4.14. The summed E-state index contributed by atoms with van der Waals surface area (Å²) in [5.74, 6) is 2.88. The van der Waals surface area contributed by atoms with E-state index in [4.69, 9.17) is 6.42 Å². The van der Waals surface area contributed by atoms with Crippen LogP contribution in [0.2, 0.25) is 0 Å². The Balaban J connectivity index is 1.64. The van der Waals surface area contributed by atoms with Gasteiger partial charge in [-0.3, -0.25) is 4.72 Å². The molecule has 4 aliphatic rings. The highest BCUT2D eigenvalue weighted by molar-refractivity contribution is 7.90. The Morgan fingerprint density at radius 2 is 1.97 bits per heavy atom. The van der Waals surface area contributed by atoms with Gasteiger partial charge in [0.1, 0.15) is 5.76 Å². The summed E-state index contributed by atoms with van der Waals surface area (Å²) >= 11 is 0. The molecule has 32 heavy (non-hydrogen) atoms. The molecule has 5 nitrogen and oxygen atoms in total. The summed E-state index contributed by atoms with van der Waals surface area (Å²) in [7, 11) is -3.36. The van der Waals surface area contributed by atoms with Gasteiger partial charge in [0.15, 0.2) is 0 Å². The van der Waals surface area contributed by atoms with E-state index in [0.717, 1.165) is 23.3 Å². The van der Waals surface area contributed by atoms with Gasteiger partial charge < -0.3 is 9.64 Å². The van der Waals surface area contributed by atoms with Gasteiger partial charge in [-0.2, -0.15) is 8.78 Å². The predicted octanol–water partition coefficient (Wildman–Crippen LogP) is 4.27. The molecule has 0 radical (unpaired) electrons. The standard InChI is InChI=1S/C24H26F2N2O3S/c1-4-20-21-13-12-18(31-24(25)26)14-22(21)28(15(2)3)23(20)16-8-10-17(11-9-16)27-32(29,30)19-6-5-7-19/h1,8,10-15,19,22,24,27H,5-7,9H2,2-3H3. The molecule has 1 saturated carbocycles. The van der Waals surface area contributed by atoms with Gasteiger partial charge >= 0.3 is 6.61 Å². The zero-order valence-electron chi connectivity index (χ0n) is 18.0. The Morgan fingerprint density at radius 1 is 1.22 bits per heavy atom. The Bertz CT molecular complexity index is 1130. The summed E-state index contributed by atoms with van der Waals surface area (Å²) in [6.45, 7) is 1.12. The molecule has 170 valence electrons. The number of alkyl halides is 2. The van der Waals surface area contributed by atoms with Crippen LogP contribution in [0.15, 0.2) is 70.3 Å². The number of sulfonamides is 1. The molecule has 1 fully saturated rings. The van der Waals surface area contributed by atoms with Gasteiger partial charge in [-0.15, -0.1) is 6.42 Å². The van der Waals surface area contributed by atoms with Crippen molar-refractivity contribution in [3.8, 4) is 12.3 Å². The lowest BCUT2D eigenvalue weighted by Crippen LogP contribution is -2.38. The molecule has 4 rings (SSSR count). The minimum Gasteiger partial charge on any atom is -0.435 e. The fourth-order valence-electron chi connectivity index (χ4n) is 4.40. The molecule has 1 heterocycles. The van der Waals surface area contributed by atoms with Crippen LogP contribution in [-0.4, -0.2) is 37.3 Å². The van der Waals surface area contributed by atoms with Crippen molar-refractivity contribution in [2.75, 3.05) is 0 Å². The average Bonchev–Trinajstić information content (AvgIpc) is 2.99. The summed E-state index contributed by atoms with van der Waals surface area (Å²) < 4.78 is 57.6. The first-order valence-corrected chi connectivity index (χ1v) is 12.2. The molecule has 3 aliphatic carbocycles. The molecule has 0 aromatic heterocycles. The smallest absolute Gasteiger partial charge is 0.387 e. The van der Waals surface area contributed by atoms with Gasteiger partial charge in [0.2, 0.25) is 10.0 Å². The normalized spacial score (nSPS) is 25.5. The maximum Gasteiger partial charge on any atom is 0.387 e. The monoisotopic (exact) mass is 460 g/mol. The van der Waals surface area contributed by atoms with Gasteiger partial charge in [0.05, 0.1) is 22.6 Å². The number of hydrogen-bond acceptors (Lipinski definition) is 4. The van der Waals surface area contributed by atoms with E-state index in [-0.39, 0.29) is 23.1 Å². The topological polar surface area (TPSA) is 58.6 Å². The van der Waals surface area contributed by atoms with E-state index in [1.165, 1.54) is 6.08 Å². The first kappa shape index (κ1) is 22.4. The van der Waals surface area contributed by atoms with Gasteiger partial charge in [-0.05, 0) is 62.5 Å². The number of hydrogen-bond donors (Lipinski definition) is 1. The van der Waals surface area contributed by atoms with Crippen molar-refractivity contribution < 1.29 is 21.9 Å². The minimum atomic E-state index is -3.36. The molecule has 0 spiro atoms. The SMILES string of the molecule is C#CC1=C2C=CC(OC(F)F)=CC2N(C(C)C)C1=C1C=CC(NS(=O)(=O)C2CCC2)=CC1. The van der Waals surface area contributed by atoms with Crippen LogP contribution in [0.25, 0.3) is 0 Å². The summed E-state index contributed by atoms with van der Waals surface area (Å²) in [6, 6.07) is -0.270. The molecule has 1 unspecified atom stereocenters. The largest absolute Gasteiger partial charge is 0.435 e. The van der Waals surface area contributed by atoms with Gasteiger partial charge in [0.25, 0.3) is 0 Å². The highest BCUT2D eigenvalue weighted by Gasteiger charge is 2.38. The second kappa shape index (κ2) is 8.62. The lowest BCUT2D eigenvalue weighted by molar-refractivity contribution is -0.0926. The third-order valence-corrected chi connectivity index (χ3v) is 8.01. The molecule has 1 atom stereocenters. The number of terminal acetylenes is 1. The van der Waals surface area contributed by atoms with Crippen molar-refractivity contribution >= 4 is 10.0 Å². The van der Waals surface area contributed by atoms with E-state index in [1.54, 1.807) is 18.2 Å². The Hall–Kier alpha value is -2.79. The summed E-state index contributed by atoms with van der Waals surface area (Å²) in [6.07, 6.45) is 19.1. The maximum absolute atomic E-state index is 12.7. The highest BCUT2D eigenvalue weighted by atomic mass is 32.2. The molecule has 0 amide bonds. The minimum absolute atomic E-state index is 0.0368. The predicted molar refractivity (Wildman–Crippen MR) is 119 cm³/mol. The summed E-state index contributed by atoms with van der Waals surface area (Å²) in [5, 5.41) is -0.313. The van der Waals surface area contributed by atoms with Crippen LogP contribution in [0.4, 0.5) is 8.78 Å². The first-order valence-electron chi connectivity index (χ1n) is 10.7. The van der Waals surface area contributed by atoms with Crippen LogP contribution in [0, 0.1) is 12.3 Å². The number of fused-ring (bicyclic) bond motifs is 1. The third-order valence-electron chi connectivity index (χ3n) is 6.14. The van der Waals surface area contributed by atoms with Crippen LogP contribution < -0.4 is 4.72 Å². The fourth-order valence-corrected chi connectivity index (χ4v) is 6.00. The summed E-state index contributed by atoms with van der Waals surface area (Å²) in [4.78, 5) is 2.10. The molecule has 0 bridgehead atoms. The van der Waals surface area contributed by atoms with Gasteiger partial charge in [0, 0.05) is 11.7 Å². The zero-order chi connectivity index (χ0) is 23.0. The summed E-state index contributed by atoms with van der Waals surface area (Å²) in [5.41, 5.74) is 3.92. The first-order chi connectivity index (χ1) is 15.2. The van der Waals surface area contributed by atoms with Crippen molar-refractivity contribution in [3.63, 3.8) is 0 Å². The number of halogens is 2. The average molecular weight is 461 g/mol. The fraction of sp³-hybridized carbons (Fsp3) is 0.417. The molecular formula is C24H26F2N2O3S. The lowest BCUT2D eigenvalue weighted by Gasteiger charge is -2.34. The quantitative estimate of drug-likeness (QED) is 0.602. The van der Waals surface area contributed by atoms with Gasteiger partial charge in [-0.1, -0.05) is 30.6 Å². The van der Waals surface area contributed by atoms with Crippen LogP contribution in [0.5, 0.6) is 0 Å².